The SMILES string of the molecule is CCCCN(C)C(=O)c1cc(F)cc(S(N)(=O)=O)c1. The molecule has 0 aliphatic heterocycles. The molecule has 2 N–H and O–H groups in total. The van der Waals surface area contributed by atoms with Crippen molar-refractivity contribution >= 4 is 15.9 Å². The summed E-state index contributed by atoms with van der Waals surface area (Å²) in [6.07, 6.45) is 1.74. The Morgan fingerprint density at radius 3 is 2.53 bits per heavy atom. The highest BCUT2D eigenvalue weighted by Gasteiger charge is 2.17. The van der Waals surface area contributed by atoms with E-state index in [9.17, 15) is 17.6 Å². The Bertz CT molecular complexity index is 572. The van der Waals surface area contributed by atoms with Crippen LogP contribution in [0.5, 0.6) is 0 Å². The second kappa shape index (κ2) is 6.12. The monoisotopic (exact) mass is 288 g/mol. The molecule has 0 spiro atoms. The van der Waals surface area contributed by atoms with Gasteiger partial charge >= 0.3 is 0 Å². The van der Waals surface area contributed by atoms with E-state index in [1.54, 1.807) is 7.05 Å². The summed E-state index contributed by atoms with van der Waals surface area (Å²) < 4.78 is 35.7. The second-order valence-corrected chi connectivity index (χ2v) is 5.86. The molecule has 0 saturated heterocycles. The zero-order chi connectivity index (χ0) is 14.6. The summed E-state index contributed by atoms with van der Waals surface area (Å²) in [5, 5.41) is 4.93. The summed E-state index contributed by atoms with van der Waals surface area (Å²) in [6, 6.07) is 2.88. The normalized spacial score (nSPS) is 11.4. The number of carbonyl (C=O) groups is 1. The van der Waals surface area contributed by atoms with Gasteiger partial charge in [0, 0.05) is 19.2 Å². The van der Waals surface area contributed by atoms with Crippen LogP contribution in [0.4, 0.5) is 4.39 Å². The van der Waals surface area contributed by atoms with Gasteiger partial charge in [-0.1, -0.05) is 13.3 Å². The van der Waals surface area contributed by atoms with Crippen LogP contribution in [0, 0.1) is 5.82 Å². The number of amides is 1. The molecule has 0 aliphatic rings. The molecule has 0 unspecified atom stereocenters. The van der Waals surface area contributed by atoms with Crippen molar-refractivity contribution in [2.24, 2.45) is 5.14 Å². The third kappa shape index (κ3) is 4.29. The minimum absolute atomic E-state index is 0.0253. The molecule has 7 heteroatoms. The first-order valence-corrected chi connectivity index (χ1v) is 7.39. The van der Waals surface area contributed by atoms with Crippen molar-refractivity contribution in [2.45, 2.75) is 24.7 Å². The Morgan fingerprint density at radius 1 is 1.37 bits per heavy atom. The number of primary sulfonamides is 1. The summed E-state index contributed by atoms with van der Waals surface area (Å²) in [5.74, 6) is -1.24. The number of hydrogen-bond acceptors (Lipinski definition) is 3. The van der Waals surface area contributed by atoms with Crippen LogP contribution in [-0.4, -0.2) is 32.8 Å². The molecule has 5 nitrogen and oxygen atoms in total. The summed E-state index contributed by atoms with van der Waals surface area (Å²) in [6.45, 7) is 2.51. The van der Waals surface area contributed by atoms with Crippen molar-refractivity contribution < 1.29 is 17.6 Å². The molecule has 0 radical (unpaired) electrons. The third-order valence-electron chi connectivity index (χ3n) is 2.64. The topological polar surface area (TPSA) is 80.5 Å². The lowest BCUT2D eigenvalue weighted by atomic mass is 10.2. The van der Waals surface area contributed by atoms with Crippen LogP contribution in [-0.2, 0) is 10.0 Å². The standard InChI is InChI=1S/C12H17FN2O3S/c1-3-4-5-15(2)12(16)9-6-10(13)8-11(7-9)19(14,17)18/h6-8H,3-5H2,1-2H3,(H2,14,17,18). The van der Waals surface area contributed by atoms with Crippen molar-refractivity contribution in [1.29, 1.82) is 0 Å². The number of unbranched alkanes of at least 4 members (excludes halogenated alkanes) is 1. The number of sulfonamides is 1. The number of halogens is 1. The van der Waals surface area contributed by atoms with E-state index < -0.39 is 26.6 Å². The van der Waals surface area contributed by atoms with Crippen LogP contribution in [0.25, 0.3) is 0 Å². The fraction of sp³-hybridized carbons (Fsp3) is 0.417. The van der Waals surface area contributed by atoms with E-state index in [2.05, 4.69) is 0 Å². The number of hydrogen-bond donors (Lipinski definition) is 1. The first-order chi connectivity index (χ1) is 8.75. The fourth-order valence-electron chi connectivity index (χ4n) is 1.57. The van der Waals surface area contributed by atoms with Gasteiger partial charge in [0.05, 0.1) is 4.90 Å². The van der Waals surface area contributed by atoms with Gasteiger partial charge in [-0.15, -0.1) is 0 Å². The average Bonchev–Trinajstić information content (AvgIpc) is 2.33. The van der Waals surface area contributed by atoms with Crippen molar-refractivity contribution in [3.63, 3.8) is 0 Å². The van der Waals surface area contributed by atoms with E-state index in [4.69, 9.17) is 5.14 Å². The quantitative estimate of drug-likeness (QED) is 0.888. The van der Waals surface area contributed by atoms with Gasteiger partial charge in [-0.3, -0.25) is 4.79 Å². The summed E-state index contributed by atoms with van der Waals surface area (Å²) in [4.78, 5) is 13.0. The highest BCUT2D eigenvalue weighted by atomic mass is 32.2. The Balaban J connectivity index is 3.07. The first-order valence-electron chi connectivity index (χ1n) is 5.84. The molecule has 0 atom stereocenters. The van der Waals surface area contributed by atoms with E-state index >= 15 is 0 Å². The van der Waals surface area contributed by atoms with Crippen LogP contribution in [0.15, 0.2) is 23.1 Å². The number of nitrogens with zero attached hydrogens (tertiary/aromatic N) is 1. The molecule has 19 heavy (non-hydrogen) atoms. The number of carbonyl (C=O) groups excluding carboxylic acids is 1. The van der Waals surface area contributed by atoms with Gasteiger partial charge in [0.1, 0.15) is 5.82 Å². The molecular weight excluding hydrogens is 271 g/mol. The maximum atomic E-state index is 13.3. The van der Waals surface area contributed by atoms with Crippen molar-refractivity contribution in [3.05, 3.63) is 29.6 Å². The zero-order valence-electron chi connectivity index (χ0n) is 10.9. The molecule has 0 heterocycles. The lowest BCUT2D eigenvalue weighted by Crippen LogP contribution is -2.28. The Kier molecular flexibility index (Phi) is 5.02. The average molecular weight is 288 g/mol. The van der Waals surface area contributed by atoms with E-state index in [1.165, 1.54) is 4.90 Å². The predicted octanol–water partition coefficient (Wildman–Crippen LogP) is 1.35. The van der Waals surface area contributed by atoms with E-state index in [1.807, 2.05) is 6.92 Å². The van der Waals surface area contributed by atoms with Crippen molar-refractivity contribution in [2.75, 3.05) is 13.6 Å². The lowest BCUT2D eigenvalue weighted by molar-refractivity contribution is 0.0792. The van der Waals surface area contributed by atoms with Gasteiger partial charge in [0.25, 0.3) is 5.91 Å². The minimum atomic E-state index is -4.03. The highest BCUT2D eigenvalue weighted by molar-refractivity contribution is 7.89. The van der Waals surface area contributed by atoms with Crippen LogP contribution < -0.4 is 5.14 Å². The molecule has 106 valence electrons. The van der Waals surface area contributed by atoms with Crippen molar-refractivity contribution in [3.8, 4) is 0 Å². The molecule has 0 fully saturated rings. The molecular formula is C12H17FN2O3S. The van der Waals surface area contributed by atoms with E-state index in [-0.39, 0.29) is 5.56 Å². The molecule has 1 aromatic carbocycles. The van der Waals surface area contributed by atoms with E-state index in [0.717, 1.165) is 31.0 Å². The van der Waals surface area contributed by atoms with Gasteiger partial charge in [-0.2, -0.15) is 0 Å². The molecule has 0 aliphatic carbocycles. The Morgan fingerprint density at radius 2 is 2.00 bits per heavy atom. The highest BCUT2D eigenvalue weighted by Crippen LogP contribution is 2.15. The molecule has 1 amide bonds. The van der Waals surface area contributed by atoms with Gasteiger partial charge in [-0.25, -0.2) is 17.9 Å². The largest absolute Gasteiger partial charge is 0.342 e. The first kappa shape index (κ1) is 15.6. The smallest absolute Gasteiger partial charge is 0.253 e. The van der Waals surface area contributed by atoms with Crippen LogP contribution in [0.1, 0.15) is 30.1 Å². The Hall–Kier alpha value is -1.47. The predicted molar refractivity (Wildman–Crippen MR) is 69.6 cm³/mol. The fourth-order valence-corrected chi connectivity index (χ4v) is 2.14. The summed E-state index contributed by atoms with van der Waals surface area (Å²) >= 11 is 0. The van der Waals surface area contributed by atoms with Gasteiger partial charge in [0.15, 0.2) is 0 Å². The van der Waals surface area contributed by atoms with Crippen LogP contribution in [0.3, 0.4) is 0 Å². The molecule has 0 bridgehead atoms. The maximum absolute atomic E-state index is 13.3. The zero-order valence-corrected chi connectivity index (χ0v) is 11.7. The maximum Gasteiger partial charge on any atom is 0.253 e. The molecule has 0 saturated carbocycles. The van der Waals surface area contributed by atoms with Crippen LogP contribution >= 0.6 is 0 Å². The van der Waals surface area contributed by atoms with Crippen molar-refractivity contribution in [1.82, 2.24) is 4.90 Å². The second-order valence-electron chi connectivity index (χ2n) is 4.30. The Labute approximate surface area is 112 Å². The number of benzene rings is 1. The third-order valence-corrected chi connectivity index (χ3v) is 3.53. The molecule has 0 aromatic heterocycles. The number of nitrogens with two attached hydrogens (primary N) is 1. The number of rotatable bonds is 5. The van der Waals surface area contributed by atoms with Gasteiger partial charge in [0.2, 0.25) is 10.0 Å². The minimum Gasteiger partial charge on any atom is -0.342 e. The lowest BCUT2D eigenvalue weighted by Gasteiger charge is -2.17. The van der Waals surface area contributed by atoms with Crippen LogP contribution in [0.2, 0.25) is 0 Å². The molecule has 1 rings (SSSR count). The molecule has 1 aromatic rings. The summed E-state index contributed by atoms with van der Waals surface area (Å²) in [5.41, 5.74) is -0.0253. The van der Waals surface area contributed by atoms with Gasteiger partial charge < -0.3 is 4.90 Å². The van der Waals surface area contributed by atoms with Gasteiger partial charge in [-0.05, 0) is 24.6 Å². The van der Waals surface area contributed by atoms with E-state index in [0.29, 0.717) is 6.54 Å². The summed E-state index contributed by atoms with van der Waals surface area (Å²) in [7, 11) is -2.45.